The second-order valence-electron chi connectivity index (χ2n) is 7.09. The molecule has 166 valence electrons. The molecule has 0 spiro atoms. The molecule has 12 heteroatoms. The zero-order valence-electron chi connectivity index (χ0n) is 17.2. The van der Waals surface area contributed by atoms with E-state index in [1.54, 1.807) is 24.9 Å². The molecule has 1 atom stereocenters. The molecule has 0 fully saturated rings. The van der Waals surface area contributed by atoms with E-state index in [2.05, 4.69) is 30.7 Å². The number of carbonyl (C=O) groups is 1. The predicted octanol–water partition coefficient (Wildman–Crippen LogP) is 4.38. The van der Waals surface area contributed by atoms with E-state index in [1.165, 1.54) is 29.8 Å². The fourth-order valence-electron chi connectivity index (χ4n) is 3.20. The molecule has 3 aromatic heterocycles. The summed E-state index contributed by atoms with van der Waals surface area (Å²) in [5, 5.41) is 11.2. The Morgan fingerprint density at radius 1 is 1.16 bits per heavy atom. The van der Waals surface area contributed by atoms with Gasteiger partial charge in [-0.25, -0.2) is 15.0 Å². The number of thiazole rings is 1. The maximum atomic E-state index is 12.9. The van der Waals surface area contributed by atoms with Gasteiger partial charge in [0.2, 0.25) is 0 Å². The molecule has 0 bridgehead atoms. The maximum Gasteiger partial charge on any atom is 0.416 e. The summed E-state index contributed by atoms with van der Waals surface area (Å²) in [6.07, 6.45) is -1.46. The summed E-state index contributed by atoms with van der Waals surface area (Å²) < 4.78 is 39.7. The summed E-state index contributed by atoms with van der Waals surface area (Å²) in [6, 6.07) is 4.31. The fourth-order valence-corrected chi connectivity index (χ4v) is 4.03. The number of aromatic nitrogens is 5. The van der Waals surface area contributed by atoms with Crippen molar-refractivity contribution < 1.29 is 18.0 Å². The maximum absolute atomic E-state index is 12.9. The SMILES string of the molecule is Cc1nn(C)c2ncnc(C(=O)NC(C)c3cnc(Nc4ccc(C(F)(F)F)cc4)s3)c12. The van der Waals surface area contributed by atoms with Gasteiger partial charge < -0.3 is 10.6 Å². The Bertz CT molecular complexity index is 1280. The molecule has 8 nitrogen and oxygen atoms in total. The molecule has 0 saturated carbocycles. The van der Waals surface area contributed by atoms with E-state index in [9.17, 15) is 18.0 Å². The third kappa shape index (κ3) is 4.26. The Hall–Kier alpha value is -3.54. The number of anilines is 2. The van der Waals surface area contributed by atoms with Crippen LogP contribution in [0.25, 0.3) is 11.0 Å². The minimum absolute atomic E-state index is 0.236. The number of nitrogens with one attached hydrogen (secondary N) is 2. The molecule has 1 aromatic carbocycles. The number of rotatable bonds is 5. The normalized spacial score (nSPS) is 12.7. The predicted molar refractivity (Wildman–Crippen MR) is 114 cm³/mol. The summed E-state index contributed by atoms with van der Waals surface area (Å²) in [5.74, 6) is -0.369. The van der Waals surface area contributed by atoms with Crippen LogP contribution in [0, 0.1) is 6.92 Å². The van der Waals surface area contributed by atoms with Gasteiger partial charge in [0, 0.05) is 23.8 Å². The van der Waals surface area contributed by atoms with Gasteiger partial charge in [-0.3, -0.25) is 9.48 Å². The number of carbonyl (C=O) groups excluding carboxylic acids is 1. The topological polar surface area (TPSA) is 97.6 Å². The highest BCUT2D eigenvalue weighted by atomic mass is 32.1. The molecule has 0 saturated heterocycles. The zero-order chi connectivity index (χ0) is 23.0. The Morgan fingerprint density at radius 2 is 1.88 bits per heavy atom. The highest BCUT2D eigenvalue weighted by molar-refractivity contribution is 7.15. The first kappa shape index (κ1) is 21.7. The lowest BCUT2D eigenvalue weighted by molar-refractivity contribution is -0.137. The summed E-state index contributed by atoms with van der Waals surface area (Å²) in [4.78, 5) is 26.2. The first-order chi connectivity index (χ1) is 15.1. The molecule has 1 amide bonds. The lowest BCUT2D eigenvalue weighted by atomic mass is 10.2. The van der Waals surface area contributed by atoms with Crippen LogP contribution in [0.15, 0.2) is 36.8 Å². The van der Waals surface area contributed by atoms with Crippen LogP contribution in [0.4, 0.5) is 24.0 Å². The highest BCUT2D eigenvalue weighted by Gasteiger charge is 2.30. The van der Waals surface area contributed by atoms with Crippen LogP contribution >= 0.6 is 11.3 Å². The number of nitrogens with zero attached hydrogens (tertiary/aromatic N) is 5. The van der Waals surface area contributed by atoms with E-state index in [-0.39, 0.29) is 17.6 Å². The molecule has 0 aliphatic rings. The molecular formula is C20H18F3N7OS. The summed E-state index contributed by atoms with van der Waals surface area (Å²) in [7, 11) is 1.75. The third-order valence-corrected chi connectivity index (χ3v) is 5.87. The summed E-state index contributed by atoms with van der Waals surface area (Å²) in [5.41, 5.74) is 1.21. The van der Waals surface area contributed by atoms with Gasteiger partial charge in [-0.15, -0.1) is 0 Å². The van der Waals surface area contributed by atoms with Crippen LogP contribution in [0.3, 0.4) is 0 Å². The van der Waals surface area contributed by atoms with Gasteiger partial charge in [0.25, 0.3) is 5.91 Å². The molecule has 0 aliphatic heterocycles. The number of hydrogen-bond donors (Lipinski definition) is 2. The second-order valence-corrected chi connectivity index (χ2v) is 8.16. The average molecular weight is 461 g/mol. The van der Waals surface area contributed by atoms with Crippen LogP contribution in [0.5, 0.6) is 0 Å². The molecule has 32 heavy (non-hydrogen) atoms. The van der Waals surface area contributed by atoms with Crippen molar-refractivity contribution in [3.05, 3.63) is 58.6 Å². The number of alkyl halides is 3. The average Bonchev–Trinajstić information content (AvgIpc) is 3.32. The van der Waals surface area contributed by atoms with Crippen LogP contribution in [0.2, 0.25) is 0 Å². The Labute approximate surface area is 184 Å². The van der Waals surface area contributed by atoms with Crippen molar-refractivity contribution in [1.82, 2.24) is 30.0 Å². The van der Waals surface area contributed by atoms with Gasteiger partial charge in [0.05, 0.1) is 22.7 Å². The van der Waals surface area contributed by atoms with Gasteiger partial charge in [0.1, 0.15) is 12.0 Å². The molecule has 1 unspecified atom stereocenters. The van der Waals surface area contributed by atoms with Gasteiger partial charge in [-0.1, -0.05) is 11.3 Å². The number of halogens is 3. The quantitative estimate of drug-likeness (QED) is 0.458. The van der Waals surface area contributed by atoms with Gasteiger partial charge in [0.15, 0.2) is 10.8 Å². The summed E-state index contributed by atoms with van der Waals surface area (Å²) in [6.45, 7) is 3.59. The van der Waals surface area contributed by atoms with Crippen LogP contribution in [-0.4, -0.2) is 30.6 Å². The lowest BCUT2D eigenvalue weighted by Gasteiger charge is -2.12. The molecule has 4 rings (SSSR count). The third-order valence-electron chi connectivity index (χ3n) is 4.77. The van der Waals surface area contributed by atoms with Gasteiger partial charge >= 0.3 is 6.18 Å². The van der Waals surface area contributed by atoms with E-state index in [0.717, 1.165) is 17.0 Å². The first-order valence-electron chi connectivity index (χ1n) is 9.48. The van der Waals surface area contributed by atoms with E-state index in [4.69, 9.17) is 0 Å². The standard InChI is InChI=1S/C20H18F3N7OS/c1-10(27-18(31)16-15-11(2)29-30(3)17(15)26-9-25-16)14-8-24-19(32-14)28-13-6-4-12(5-7-13)20(21,22)23/h4-10H,1-3H3,(H,24,28)(H,27,31). The molecule has 3 heterocycles. The van der Waals surface area contributed by atoms with E-state index in [1.807, 2.05) is 6.92 Å². The minimum Gasteiger partial charge on any atom is -0.343 e. The molecule has 4 aromatic rings. The van der Waals surface area contributed by atoms with Crippen molar-refractivity contribution in [2.75, 3.05) is 5.32 Å². The first-order valence-corrected chi connectivity index (χ1v) is 10.3. The zero-order valence-corrected chi connectivity index (χ0v) is 18.0. The lowest BCUT2D eigenvalue weighted by Crippen LogP contribution is -2.27. The van der Waals surface area contributed by atoms with Crippen LogP contribution in [-0.2, 0) is 13.2 Å². The van der Waals surface area contributed by atoms with Crippen molar-refractivity contribution >= 4 is 39.1 Å². The van der Waals surface area contributed by atoms with Crippen molar-refractivity contribution in [2.45, 2.75) is 26.1 Å². The number of benzene rings is 1. The van der Waals surface area contributed by atoms with Crippen molar-refractivity contribution in [1.29, 1.82) is 0 Å². The largest absolute Gasteiger partial charge is 0.416 e. The minimum atomic E-state index is -4.38. The van der Waals surface area contributed by atoms with Gasteiger partial charge in [-0.05, 0) is 38.1 Å². The monoisotopic (exact) mass is 461 g/mol. The Kier molecular flexibility index (Phi) is 5.55. The summed E-state index contributed by atoms with van der Waals surface area (Å²) >= 11 is 1.29. The van der Waals surface area contributed by atoms with E-state index < -0.39 is 11.7 Å². The highest BCUT2D eigenvalue weighted by Crippen LogP contribution is 2.31. The van der Waals surface area contributed by atoms with E-state index in [0.29, 0.717) is 27.5 Å². The second kappa shape index (κ2) is 8.19. The number of amides is 1. The smallest absolute Gasteiger partial charge is 0.343 e. The van der Waals surface area contributed by atoms with Crippen LogP contribution in [0.1, 0.15) is 39.6 Å². The Morgan fingerprint density at radius 3 is 2.56 bits per heavy atom. The number of fused-ring (bicyclic) bond motifs is 1. The van der Waals surface area contributed by atoms with Crippen molar-refractivity contribution in [2.24, 2.45) is 7.05 Å². The number of hydrogen-bond acceptors (Lipinski definition) is 7. The molecule has 0 radical (unpaired) electrons. The molecular weight excluding hydrogens is 443 g/mol. The van der Waals surface area contributed by atoms with Gasteiger partial charge in [-0.2, -0.15) is 18.3 Å². The van der Waals surface area contributed by atoms with Crippen molar-refractivity contribution in [3.63, 3.8) is 0 Å². The molecule has 0 aliphatic carbocycles. The van der Waals surface area contributed by atoms with Crippen molar-refractivity contribution in [3.8, 4) is 0 Å². The van der Waals surface area contributed by atoms with E-state index >= 15 is 0 Å². The van der Waals surface area contributed by atoms with Crippen LogP contribution < -0.4 is 10.6 Å². The Balaban J connectivity index is 1.46. The molecule has 2 N–H and O–H groups in total. The number of aryl methyl sites for hydroxylation is 2. The fraction of sp³-hybridized carbons (Fsp3) is 0.250.